The summed E-state index contributed by atoms with van der Waals surface area (Å²) in [5, 5.41) is 2.42. The Hall–Kier alpha value is -2.61. The Balaban J connectivity index is 1.44. The van der Waals surface area contributed by atoms with Crippen LogP contribution in [0.1, 0.15) is 48.5 Å². The molecule has 2 aromatic carbocycles. The zero-order valence-electron chi connectivity index (χ0n) is 19.6. The number of methoxy groups -OCH3 is 1. The first-order valence-electron chi connectivity index (χ1n) is 12.2. The van der Waals surface area contributed by atoms with Gasteiger partial charge in [-0.1, -0.05) is 36.6 Å². The highest BCUT2D eigenvalue weighted by atomic mass is 35.5. The molecular weight excluding hydrogens is 482 g/mol. The van der Waals surface area contributed by atoms with Crippen molar-refractivity contribution in [2.45, 2.75) is 50.2 Å². The van der Waals surface area contributed by atoms with Crippen LogP contribution >= 0.6 is 23.8 Å². The van der Waals surface area contributed by atoms with E-state index in [1.165, 1.54) is 0 Å². The van der Waals surface area contributed by atoms with E-state index in [1.807, 2.05) is 35.2 Å². The van der Waals surface area contributed by atoms with Crippen LogP contribution in [0.2, 0.25) is 5.02 Å². The van der Waals surface area contributed by atoms with E-state index >= 15 is 0 Å². The molecule has 1 saturated carbocycles. The van der Waals surface area contributed by atoms with Crippen LogP contribution in [0.5, 0.6) is 5.75 Å². The van der Waals surface area contributed by atoms with Gasteiger partial charge in [0.1, 0.15) is 18.4 Å². The Morgan fingerprint density at radius 3 is 2.63 bits per heavy atom. The Morgan fingerprint density at radius 2 is 1.89 bits per heavy atom. The number of H-pyrrole nitrogens is 1. The van der Waals surface area contributed by atoms with E-state index in [9.17, 15) is 4.79 Å². The maximum Gasteiger partial charge on any atom is 0.252 e. The van der Waals surface area contributed by atoms with E-state index < -0.39 is 0 Å². The number of carbonyl (C=O) groups excluding carboxylic acids is 1. The maximum absolute atomic E-state index is 13.8. The molecule has 1 saturated heterocycles. The number of fused-ring (bicyclic) bond motifs is 4. The lowest BCUT2D eigenvalue weighted by Gasteiger charge is -2.37. The van der Waals surface area contributed by atoms with Crippen LogP contribution in [-0.4, -0.2) is 58.2 Å². The van der Waals surface area contributed by atoms with Crippen LogP contribution in [0.15, 0.2) is 42.5 Å². The lowest BCUT2D eigenvalue weighted by atomic mass is 9.89. The molecule has 0 radical (unpaired) electrons. The second kappa shape index (κ2) is 9.12. The van der Waals surface area contributed by atoms with Gasteiger partial charge in [-0.3, -0.25) is 9.69 Å². The predicted molar refractivity (Wildman–Crippen MR) is 140 cm³/mol. The molecule has 3 aromatic rings. The number of thiocarbonyl (C=S) groups is 1. The minimum atomic E-state index is -0.309. The van der Waals surface area contributed by atoms with Crippen molar-refractivity contribution in [1.82, 2.24) is 14.8 Å². The zero-order valence-corrected chi connectivity index (χ0v) is 21.2. The quantitative estimate of drug-likeness (QED) is 0.364. The summed E-state index contributed by atoms with van der Waals surface area (Å²) >= 11 is 12.4. The number of halogens is 1. The van der Waals surface area contributed by atoms with Crippen molar-refractivity contribution in [3.63, 3.8) is 0 Å². The molecular formula is C27H28ClN3O3S. The molecule has 2 aliphatic heterocycles. The molecule has 1 aliphatic carbocycles. The first-order chi connectivity index (χ1) is 17.1. The molecule has 35 heavy (non-hydrogen) atoms. The van der Waals surface area contributed by atoms with Crippen LogP contribution in [0, 0.1) is 0 Å². The number of hydrogen-bond acceptors (Lipinski definition) is 4. The molecule has 182 valence electrons. The highest BCUT2D eigenvalue weighted by molar-refractivity contribution is 7.80. The summed E-state index contributed by atoms with van der Waals surface area (Å²) in [5.74, 6) is 0.919. The highest BCUT2D eigenvalue weighted by Gasteiger charge is 2.52. The fourth-order valence-corrected chi connectivity index (χ4v) is 6.59. The van der Waals surface area contributed by atoms with Crippen molar-refractivity contribution in [1.29, 1.82) is 0 Å². The van der Waals surface area contributed by atoms with E-state index in [4.69, 9.17) is 33.3 Å². The Bertz CT molecular complexity index is 1280. The molecule has 6 nitrogen and oxygen atoms in total. The summed E-state index contributed by atoms with van der Waals surface area (Å²) in [4.78, 5) is 21.5. The smallest absolute Gasteiger partial charge is 0.252 e. The van der Waals surface area contributed by atoms with E-state index in [1.54, 1.807) is 7.11 Å². The fraction of sp³-hybridized carbons (Fsp3) is 0.407. The fourth-order valence-electron chi connectivity index (χ4n) is 5.95. The van der Waals surface area contributed by atoms with Gasteiger partial charge >= 0.3 is 0 Å². The van der Waals surface area contributed by atoms with Crippen LogP contribution in [0.25, 0.3) is 10.9 Å². The van der Waals surface area contributed by atoms with Crippen LogP contribution in [0.4, 0.5) is 0 Å². The number of rotatable bonds is 6. The van der Waals surface area contributed by atoms with E-state index in [2.05, 4.69) is 22.0 Å². The van der Waals surface area contributed by atoms with Crippen molar-refractivity contribution < 1.29 is 14.3 Å². The number of ether oxygens (including phenoxy) is 2. The van der Waals surface area contributed by atoms with Crippen molar-refractivity contribution in [2.24, 2.45) is 0 Å². The molecule has 6 rings (SSSR count). The van der Waals surface area contributed by atoms with E-state index in [-0.39, 0.29) is 24.0 Å². The third-order valence-corrected chi connectivity index (χ3v) is 8.22. The Kier molecular flexibility index (Phi) is 5.95. The molecule has 2 fully saturated rings. The first-order valence-corrected chi connectivity index (χ1v) is 13.0. The number of aromatic nitrogens is 1. The summed E-state index contributed by atoms with van der Waals surface area (Å²) in [5.41, 5.74) is 4.32. The van der Waals surface area contributed by atoms with Crippen molar-refractivity contribution in [3.8, 4) is 5.75 Å². The van der Waals surface area contributed by atoms with Crippen LogP contribution in [0.3, 0.4) is 0 Å². The number of carbonyl (C=O) groups is 1. The average molecular weight is 510 g/mol. The monoisotopic (exact) mass is 509 g/mol. The van der Waals surface area contributed by atoms with Gasteiger partial charge in [0.05, 0.1) is 12.6 Å². The standard InChI is InChI=1S/C27H28ClN3O3S/c1-33-12-13-34-19-9-6-16(7-10-19)25-24-21(20-14-17(28)8-11-22(20)29-24)15-23-26(32)30(27(35)31(23)25)18-4-2-3-5-18/h6-11,14,18,23,25,29H,2-5,12-13,15H2,1H3. The summed E-state index contributed by atoms with van der Waals surface area (Å²) in [6.45, 7) is 1.03. The van der Waals surface area contributed by atoms with Crippen LogP contribution < -0.4 is 4.74 Å². The third-order valence-electron chi connectivity index (χ3n) is 7.58. The molecule has 2 unspecified atom stereocenters. The molecule has 8 heteroatoms. The molecule has 3 aliphatic rings. The number of nitrogens with zero attached hydrogens (tertiary/aromatic N) is 2. The molecule has 1 amide bonds. The van der Waals surface area contributed by atoms with Gasteiger partial charge in [0.2, 0.25) is 0 Å². The van der Waals surface area contributed by atoms with Crippen molar-refractivity contribution in [3.05, 3.63) is 64.3 Å². The van der Waals surface area contributed by atoms with E-state index in [0.717, 1.165) is 59.2 Å². The first kappa shape index (κ1) is 22.8. The van der Waals surface area contributed by atoms with Gasteiger partial charge in [-0.05, 0) is 66.5 Å². The minimum Gasteiger partial charge on any atom is -0.491 e. The number of nitrogens with one attached hydrogen (secondary N) is 1. The number of benzene rings is 2. The number of amides is 1. The third kappa shape index (κ3) is 3.81. The van der Waals surface area contributed by atoms with E-state index in [0.29, 0.717) is 29.8 Å². The highest BCUT2D eigenvalue weighted by Crippen LogP contribution is 2.45. The Labute approximate surface area is 215 Å². The molecule has 0 bridgehead atoms. The van der Waals surface area contributed by atoms with Gasteiger partial charge in [-0.15, -0.1) is 0 Å². The molecule has 1 aromatic heterocycles. The minimum absolute atomic E-state index is 0.133. The van der Waals surface area contributed by atoms with Gasteiger partial charge in [0.25, 0.3) is 5.91 Å². The normalized spacial score (nSPS) is 22.2. The van der Waals surface area contributed by atoms with Gasteiger partial charge in [0.15, 0.2) is 5.11 Å². The maximum atomic E-state index is 13.8. The van der Waals surface area contributed by atoms with Crippen molar-refractivity contribution in [2.75, 3.05) is 20.3 Å². The molecule has 1 N–H and O–H groups in total. The zero-order chi connectivity index (χ0) is 24.1. The number of hydrogen-bond donors (Lipinski definition) is 1. The predicted octanol–water partition coefficient (Wildman–Crippen LogP) is 5.23. The van der Waals surface area contributed by atoms with Crippen molar-refractivity contribution >= 4 is 45.7 Å². The van der Waals surface area contributed by atoms with Crippen LogP contribution in [-0.2, 0) is 16.0 Å². The van der Waals surface area contributed by atoms with Gasteiger partial charge in [-0.25, -0.2) is 0 Å². The second-order valence-corrected chi connectivity index (χ2v) is 10.4. The summed E-state index contributed by atoms with van der Waals surface area (Å²) in [6, 6.07) is 13.7. The number of aromatic amines is 1. The molecule has 0 spiro atoms. The summed E-state index contributed by atoms with van der Waals surface area (Å²) in [6.07, 6.45) is 4.96. The van der Waals surface area contributed by atoms with Gasteiger partial charge in [0, 0.05) is 41.2 Å². The van der Waals surface area contributed by atoms with Gasteiger partial charge < -0.3 is 19.4 Å². The average Bonchev–Trinajstić information content (AvgIpc) is 3.56. The molecule has 2 atom stereocenters. The largest absolute Gasteiger partial charge is 0.491 e. The summed E-state index contributed by atoms with van der Waals surface area (Å²) < 4.78 is 10.9. The molecule has 3 heterocycles. The lowest BCUT2D eigenvalue weighted by Crippen LogP contribution is -2.44. The summed E-state index contributed by atoms with van der Waals surface area (Å²) in [7, 11) is 1.66. The van der Waals surface area contributed by atoms with Gasteiger partial charge in [-0.2, -0.15) is 0 Å². The second-order valence-electron chi connectivity index (χ2n) is 9.58. The lowest BCUT2D eigenvalue weighted by molar-refractivity contribution is -0.129. The SMILES string of the molecule is COCCOc1ccc(C2c3[nH]c4ccc(Cl)cc4c3CC3C(=O)N(C4CCCC4)C(=S)N32)cc1. The topological polar surface area (TPSA) is 57.8 Å². The Morgan fingerprint density at radius 1 is 1.11 bits per heavy atom.